The van der Waals surface area contributed by atoms with Crippen molar-refractivity contribution in [2.75, 3.05) is 0 Å². The van der Waals surface area contributed by atoms with Gasteiger partial charge in [-0.1, -0.05) is 38.7 Å². The van der Waals surface area contributed by atoms with Crippen LogP contribution in [0.5, 0.6) is 0 Å². The molecule has 0 amide bonds. The Morgan fingerprint density at radius 2 is 1.69 bits per heavy atom. The van der Waals surface area contributed by atoms with Gasteiger partial charge in [0.1, 0.15) is 0 Å². The van der Waals surface area contributed by atoms with Gasteiger partial charge in [-0.25, -0.2) is 8.42 Å². The predicted molar refractivity (Wildman–Crippen MR) is 66.0 cm³/mol. The molecule has 4 nitrogen and oxygen atoms in total. The Hall–Kier alpha value is -0.390. The molecule has 0 saturated heterocycles. The number of nitrogens with one attached hydrogen (secondary N) is 1. The highest BCUT2D eigenvalue weighted by Crippen LogP contribution is 2.19. The maximum absolute atomic E-state index is 11.5. The molecule has 0 rings (SSSR count). The van der Waals surface area contributed by atoms with E-state index in [0.29, 0.717) is 0 Å². The number of hydrogen-bond acceptors (Lipinski definition) is 3. The van der Waals surface area contributed by atoms with E-state index in [0.717, 1.165) is 5.41 Å². The number of allylic oxidation sites excluding steroid dienone is 1. The summed E-state index contributed by atoms with van der Waals surface area (Å²) in [7, 11) is -3.50. The summed E-state index contributed by atoms with van der Waals surface area (Å²) in [6.07, 6.45) is 1.61. The topological polar surface area (TPSA) is 55.4 Å². The van der Waals surface area contributed by atoms with E-state index < -0.39 is 15.6 Å². The molecule has 0 aromatic rings. The fraction of sp³-hybridized carbons (Fsp3) is 0.818. The van der Waals surface area contributed by atoms with Crippen LogP contribution in [0.3, 0.4) is 0 Å². The van der Waals surface area contributed by atoms with E-state index in [1.54, 1.807) is 6.08 Å². The maximum atomic E-state index is 11.5. The zero-order chi connectivity index (χ0) is 13.0. The van der Waals surface area contributed by atoms with Crippen molar-refractivity contribution < 1.29 is 13.3 Å². The molecule has 5 heteroatoms. The number of hydrogen-bond donors (Lipinski definition) is 1. The monoisotopic (exact) mass is 249 g/mol. The third-order valence-electron chi connectivity index (χ3n) is 2.45. The van der Waals surface area contributed by atoms with Crippen LogP contribution < -0.4 is 4.89 Å². The van der Waals surface area contributed by atoms with Gasteiger partial charge in [0.2, 0.25) is 0 Å². The molecule has 0 aliphatic carbocycles. The van der Waals surface area contributed by atoms with Gasteiger partial charge in [0.05, 0.1) is 5.60 Å². The largest absolute Gasteiger partial charge is 0.281 e. The fourth-order valence-corrected chi connectivity index (χ4v) is 1.48. The van der Waals surface area contributed by atoms with Gasteiger partial charge in [0.25, 0.3) is 10.0 Å². The van der Waals surface area contributed by atoms with Crippen LogP contribution in [-0.4, -0.2) is 14.0 Å². The van der Waals surface area contributed by atoms with Gasteiger partial charge in [0, 0.05) is 5.41 Å². The van der Waals surface area contributed by atoms with Crippen molar-refractivity contribution in [3.8, 4) is 0 Å². The van der Waals surface area contributed by atoms with Crippen LogP contribution in [0.4, 0.5) is 0 Å². The van der Waals surface area contributed by atoms with E-state index in [1.165, 1.54) is 0 Å². The first-order valence-corrected chi connectivity index (χ1v) is 6.99. The molecule has 0 aliphatic heterocycles. The van der Waals surface area contributed by atoms with Crippen molar-refractivity contribution in [3.63, 3.8) is 0 Å². The molecule has 0 aliphatic rings. The van der Waals surface area contributed by atoms with Gasteiger partial charge in [-0.2, -0.15) is 0 Å². The molecular formula is C11H23NO3S. The van der Waals surface area contributed by atoms with E-state index in [1.807, 2.05) is 41.5 Å². The molecule has 0 unspecified atom stereocenters. The molecule has 16 heavy (non-hydrogen) atoms. The molecule has 0 spiro atoms. The van der Waals surface area contributed by atoms with Crippen molar-refractivity contribution in [2.24, 2.45) is 11.8 Å². The van der Waals surface area contributed by atoms with E-state index in [4.69, 9.17) is 4.84 Å². The summed E-state index contributed by atoms with van der Waals surface area (Å²) in [5, 5.41) is 1.13. The third kappa shape index (κ3) is 6.25. The van der Waals surface area contributed by atoms with Crippen molar-refractivity contribution in [1.29, 1.82) is 0 Å². The van der Waals surface area contributed by atoms with Crippen LogP contribution in [0.15, 0.2) is 11.5 Å². The van der Waals surface area contributed by atoms with E-state index in [2.05, 4.69) is 4.89 Å². The van der Waals surface area contributed by atoms with E-state index >= 15 is 0 Å². The van der Waals surface area contributed by atoms with Crippen LogP contribution in [-0.2, 0) is 14.9 Å². The lowest BCUT2D eigenvalue weighted by Crippen LogP contribution is -2.39. The lowest BCUT2D eigenvalue weighted by Gasteiger charge is -2.28. The van der Waals surface area contributed by atoms with Gasteiger partial charge in [-0.3, -0.25) is 4.84 Å². The van der Waals surface area contributed by atoms with E-state index in [-0.39, 0.29) is 11.8 Å². The molecule has 0 radical (unpaired) electrons. The van der Waals surface area contributed by atoms with Crippen molar-refractivity contribution >= 4 is 10.0 Å². The van der Waals surface area contributed by atoms with Crippen LogP contribution in [0.25, 0.3) is 0 Å². The Kier molecular flexibility index (Phi) is 5.65. The van der Waals surface area contributed by atoms with Crippen LogP contribution in [0, 0.1) is 11.8 Å². The van der Waals surface area contributed by atoms with Crippen molar-refractivity contribution in [3.05, 3.63) is 11.5 Å². The minimum Gasteiger partial charge on any atom is -0.281 e. The molecule has 96 valence electrons. The summed E-state index contributed by atoms with van der Waals surface area (Å²) in [5.74, 6) is 0.402. The molecular weight excluding hydrogens is 226 g/mol. The molecule has 1 N–H and O–H groups in total. The van der Waals surface area contributed by atoms with Gasteiger partial charge >= 0.3 is 0 Å². The second-order valence-corrected chi connectivity index (χ2v) is 6.59. The minimum absolute atomic E-state index is 0.190. The highest BCUT2D eigenvalue weighted by molar-refractivity contribution is 7.92. The van der Waals surface area contributed by atoms with Crippen molar-refractivity contribution in [1.82, 2.24) is 4.89 Å². The summed E-state index contributed by atoms with van der Waals surface area (Å²) < 4.78 is 23.0. The van der Waals surface area contributed by atoms with Gasteiger partial charge in [-0.05, 0) is 25.7 Å². The molecule has 0 fully saturated rings. The number of rotatable bonds is 6. The van der Waals surface area contributed by atoms with Crippen LogP contribution in [0.1, 0.15) is 41.5 Å². The van der Waals surface area contributed by atoms with Crippen LogP contribution in [0.2, 0.25) is 0 Å². The zero-order valence-corrected chi connectivity index (χ0v) is 11.8. The molecule has 0 bridgehead atoms. The quantitative estimate of drug-likeness (QED) is 0.736. The molecule has 0 atom stereocenters. The van der Waals surface area contributed by atoms with Gasteiger partial charge in [-0.15, -0.1) is 0 Å². The summed E-state index contributed by atoms with van der Waals surface area (Å²) in [6.45, 7) is 11.4. The first-order valence-electron chi connectivity index (χ1n) is 5.45. The Bertz CT molecular complexity index is 329. The molecule has 0 aromatic carbocycles. The first kappa shape index (κ1) is 15.6. The maximum Gasteiger partial charge on any atom is 0.255 e. The third-order valence-corrected chi connectivity index (χ3v) is 3.28. The van der Waals surface area contributed by atoms with Crippen molar-refractivity contribution in [2.45, 2.75) is 47.1 Å². The normalized spacial score (nSPS) is 14.2. The smallest absolute Gasteiger partial charge is 0.255 e. The summed E-state index contributed by atoms with van der Waals surface area (Å²) in [5.41, 5.74) is -0.529. The SMILES string of the molecule is CC(C)/C=C/S(=O)(=O)NOC(C)(C)C(C)C. The second kappa shape index (κ2) is 5.80. The summed E-state index contributed by atoms with van der Waals surface area (Å²) in [4.78, 5) is 7.32. The Morgan fingerprint density at radius 1 is 1.19 bits per heavy atom. The average Bonchev–Trinajstić information content (AvgIpc) is 2.12. The minimum atomic E-state index is -3.50. The zero-order valence-electron chi connectivity index (χ0n) is 10.9. The lowest BCUT2D eigenvalue weighted by atomic mass is 9.95. The number of sulfonamides is 1. The van der Waals surface area contributed by atoms with E-state index in [9.17, 15) is 8.42 Å². The van der Waals surface area contributed by atoms with Gasteiger partial charge in [0.15, 0.2) is 0 Å². The Labute approximate surface area is 99.1 Å². The summed E-state index contributed by atoms with van der Waals surface area (Å²) >= 11 is 0. The highest BCUT2D eigenvalue weighted by atomic mass is 32.2. The Morgan fingerprint density at radius 3 is 2.06 bits per heavy atom. The molecule has 0 heterocycles. The average molecular weight is 249 g/mol. The first-order chi connectivity index (χ1) is 7.07. The standard InChI is InChI=1S/C11H23NO3S/c1-9(2)7-8-16(13,14)12-15-11(5,6)10(3)4/h7-10,12H,1-6H3/b8-7+. The van der Waals surface area contributed by atoms with Gasteiger partial charge < -0.3 is 0 Å². The molecule has 0 aromatic heterocycles. The fourth-order valence-electron chi connectivity index (χ4n) is 0.572. The molecule has 0 saturated carbocycles. The van der Waals surface area contributed by atoms with Crippen LogP contribution >= 0.6 is 0 Å². The second-order valence-electron chi connectivity index (χ2n) is 5.06. The lowest BCUT2D eigenvalue weighted by molar-refractivity contribution is -0.0783. The highest BCUT2D eigenvalue weighted by Gasteiger charge is 2.25. The predicted octanol–water partition coefficient (Wildman–Crippen LogP) is 2.44. The Balaban J connectivity index is 4.42. The summed E-state index contributed by atoms with van der Waals surface area (Å²) in [6, 6.07) is 0.